The highest BCUT2D eigenvalue weighted by Crippen LogP contribution is 2.21. The van der Waals surface area contributed by atoms with E-state index in [1.54, 1.807) is 0 Å². The smallest absolute Gasteiger partial charge is 0.0521 e. The number of nitrogens with one attached hydrogen (secondary N) is 1. The largest absolute Gasteiger partial charge is 0.381 e. The predicted octanol–water partition coefficient (Wildman–Crippen LogP) is 1.05. The third-order valence-corrected chi connectivity index (χ3v) is 5.01. The van der Waals surface area contributed by atoms with E-state index in [2.05, 4.69) is 35.9 Å². The van der Waals surface area contributed by atoms with Gasteiger partial charge in [0.15, 0.2) is 0 Å². The van der Waals surface area contributed by atoms with Crippen LogP contribution in [0.1, 0.15) is 13.3 Å². The summed E-state index contributed by atoms with van der Waals surface area (Å²) in [5, 5.41) is 3.45. The summed E-state index contributed by atoms with van der Waals surface area (Å²) in [5.74, 6) is 3.25. The molecule has 0 aliphatic carbocycles. The van der Waals surface area contributed by atoms with Crippen LogP contribution in [0.3, 0.4) is 0 Å². The number of thioether (sulfide) groups is 1. The molecule has 0 spiro atoms. The summed E-state index contributed by atoms with van der Waals surface area (Å²) in [4.78, 5) is 2.64. The van der Waals surface area contributed by atoms with Crippen molar-refractivity contribution in [1.82, 2.24) is 10.2 Å². The second-order valence-corrected chi connectivity index (χ2v) is 6.09. The highest BCUT2D eigenvalue weighted by Gasteiger charge is 2.28. The summed E-state index contributed by atoms with van der Waals surface area (Å²) in [7, 11) is 2.08. The first-order chi connectivity index (χ1) is 7.81. The number of nitrogens with zero attached hydrogens (tertiary/aromatic N) is 1. The fourth-order valence-electron chi connectivity index (χ4n) is 2.69. The van der Waals surface area contributed by atoms with E-state index in [-0.39, 0.29) is 0 Å². The zero-order valence-corrected chi connectivity index (χ0v) is 11.3. The van der Waals surface area contributed by atoms with Crippen LogP contribution in [0.25, 0.3) is 0 Å². The lowest BCUT2D eigenvalue weighted by atomic mass is 9.95. The molecule has 0 bridgehead atoms. The van der Waals surface area contributed by atoms with E-state index in [4.69, 9.17) is 4.74 Å². The van der Waals surface area contributed by atoms with Gasteiger partial charge >= 0.3 is 0 Å². The van der Waals surface area contributed by atoms with Gasteiger partial charge in [-0.25, -0.2) is 0 Å². The Morgan fingerprint density at radius 2 is 2.38 bits per heavy atom. The molecule has 0 aromatic rings. The maximum atomic E-state index is 5.62. The first-order valence-electron chi connectivity index (χ1n) is 6.38. The highest BCUT2D eigenvalue weighted by molar-refractivity contribution is 7.99. The molecule has 0 radical (unpaired) electrons. The standard InChI is InChI=1S/C12H24N2OS/c1-10-9-16-6-4-14(10)7-11-8-15-5-3-12(11)13-2/h10-13H,3-9H2,1-2H3. The number of hydrogen-bond acceptors (Lipinski definition) is 4. The fourth-order valence-corrected chi connectivity index (χ4v) is 3.77. The molecule has 1 N–H and O–H groups in total. The highest BCUT2D eigenvalue weighted by atomic mass is 32.2. The van der Waals surface area contributed by atoms with Crippen molar-refractivity contribution in [2.45, 2.75) is 25.4 Å². The van der Waals surface area contributed by atoms with Gasteiger partial charge in [-0.05, 0) is 20.4 Å². The fraction of sp³-hybridized carbons (Fsp3) is 1.00. The summed E-state index contributed by atoms with van der Waals surface area (Å²) >= 11 is 2.09. The zero-order valence-electron chi connectivity index (χ0n) is 10.4. The molecule has 3 atom stereocenters. The molecule has 0 saturated carbocycles. The van der Waals surface area contributed by atoms with E-state index in [1.165, 1.54) is 24.6 Å². The normalized spacial score (nSPS) is 37.5. The van der Waals surface area contributed by atoms with Crippen LogP contribution in [0.4, 0.5) is 0 Å². The Morgan fingerprint density at radius 3 is 3.12 bits per heavy atom. The Kier molecular flexibility index (Phi) is 4.95. The predicted molar refractivity (Wildman–Crippen MR) is 70.1 cm³/mol. The molecule has 2 rings (SSSR count). The van der Waals surface area contributed by atoms with E-state index < -0.39 is 0 Å². The molecule has 3 unspecified atom stereocenters. The molecule has 94 valence electrons. The quantitative estimate of drug-likeness (QED) is 0.802. The molecule has 2 heterocycles. The van der Waals surface area contributed by atoms with Crippen molar-refractivity contribution >= 4 is 11.8 Å². The number of ether oxygens (including phenoxy) is 1. The molecule has 0 aromatic heterocycles. The molecule has 2 aliphatic heterocycles. The first kappa shape index (κ1) is 12.7. The van der Waals surface area contributed by atoms with Crippen LogP contribution in [0.2, 0.25) is 0 Å². The monoisotopic (exact) mass is 244 g/mol. The van der Waals surface area contributed by atoms with Crippen LogP contribution in [-0.2, 0) is 4.74 Å². The molecule has 0 aromatic carbocycles. The SMILES string of the molecule is CNC1CCOCC1CN1CCSCC1C. The minimum absolute atomic E-state index is 0.649. The maximum absolute atomic E-state index is 5.62. The van der Waals surface area contributed by atoms with Crippen molar-refractivity contribution in [2.75, 3.05) is 44.9 Å². The molecule has 4 heteroatoms. The summed E-state index contributed by atoms with van der Waals surface area (Å²) in [6.07, 6.45) is 1.16. The lowest BCUT2D eigenvalue weighted by Crippen LogP contribution is -2.50. The maximum Gasteiger partial charge on any atom is 0.0521 e. The van der Waals surface area contributed by atoms with Gasteiger partial charge in [-0.1, -0.05) is 0 Å². The molecule has 2 fully saturated rings. The topological polar surface area (TPSA) is 24.5 Å². The van der Waals surface area contributed by atoms with Gasteiger partial charge in [0.25, 0.3) is 0 Å². The van der Waals surface area contributed by atoms with Gasteiger partial charge in [-0.15, -0.1) is 0 Å². The van der Waals surface area contributed by atoms with Crippen molar-refractivity contribution in [1.29, 1.82) is 0 Å². The summed E-state index contributed by atoms with van der Waals surface area (Å²) in [5.41, 5.74) is 0. The number of hydrogen-bond donors (Lipinski definition) is 1. The summed E-state index contributed by atoms with van der Waals surface area (Å²) in [6, 6.07) is 1.38. The molecule has 3 nitrogen and oxygen atoms in total. The summed E-state index contributed by atoms with van der Waals surface area (Å²) in [6.45, 7) is 6.66. The molecule has 2 aliphatic rings. The van der Waals surface area contributed by atoms with Crippen molar-refractivity contribution < 1.29 is 4.74 Å². The Morgan fingerprint density at radius 1 is 1.50 bits per heavy atom. The average molecular weight is 244 g/mol. The van der Waals surface area contributed by atoms with Crippen LogP contribution in [0.5, 0.6) is 0 Å². The summed E-state index contributed by atoms with van der Waals surface area (Å²) < 4.78 is 5.62. The van der Waals surface area contributed by atoms with Crippen molar-refractivity contribution in [3.05, 3.63) is 0 Å². The molecule has 0 amide bonds. The lowest BCUT2D eigenvalue weighted by molar-refractivity contribution is 0.0148. The van der Waals surface area contributed by atoms with Crippen molar-refractivity contribution in [3.8, 4) is 0 Å². The Bertz CT molecular complexity index is 215. The van der Waals surface area contributed by atoms with E-state index in [0.717, 1.165) is 25.7 Å². The Labute approximate surface area is 103 Å². The average Bonchev–Trinajstić information content (AvgIpc) is 2.33. The minimum atomic E-state index is 0.649. The van der Waals surface area contributed by atoms with E-state index >= 15 is 0 Å². The first-order valence-corrected chi connectivity index (χ1v) is 7.53. The zero-order chi connectivity index (χ0) is 11.4. The van der Waals surface area contributed by atoms with Gasteiger partial charge in [-0.3, -0.25) is 4.90 Å². The lowest BCUT2D eigenvalue weighted by Gasteiger charge is -2.39. The van der Waals surface area contributed by atoms with Crippen LogP contribution >= 0.6 is 11.8 Å². The van der Waals surface area contributed by atoms with E-state index in [1.807, 2.05) is 0 Å². The Balaban J connectivity index is 1.86. The van der Waals surface area contributed by atoms with Crippen molar-refractivity contribution in [3.63, 3.8) is 0 Å². The van der Waals surface area contributed by atoms with Crippen molar-refractivity contribution in [2.24, 2.45) is 5.92 Å². The Hall–Kier alpha value is 0.230. The van der Waals surface area contributed by atoms with Gasteiger partial charge in [0.05, 0.1) is 6.61 Å². The molecule has 16 heavy (non-hydrogen) atoms. The second-order valence-electron chi connectivity index (χ2n) is 4.94. The minimum Gasteiger partial charge on any atom is -0.381 e. The van der Waals surface area contributed by atoms with E-state index in [0.29, 0.717) is 12.0 Å². The van der Waals surface area contributed by atoms with Crippen LogP contribution in [0, 0.1) is 5.92 Å². The van der Waals surface area contributed by atoms with Gasteiger partial charge < -0.3 is 10.1 Å². The van der Waals surface area contributed by atoms with Gasteiger partial charge in [0.2, 0.25) is 0 Å². The number of rotatable bonds is 3. The van der Waals surface area contributed by atoms with Crippen LogP contribution in [-0.4, -0.2) is 61.8 Å². The molecular weight excluding hydrogens is 220 g/mol. The van der Waals surface area contributed by atoms with Crippen LogP contribution in [0.15, 0.2) is 0 Å². The van der Waals surface area contributed by atoms with Gasteiger partial charge in [0, 0.05) is 49.2 Å². The second kappa shape index (κ2) is 6.24. The van der Waals surface area contributed by atoms with Crippen LogP contribution < -0.4 is 5.32 Å². The third-order valence-electron chi connectivity index (χ3n) is 3.82. The molecule has 2 saturated heterocycles. The molecular formula is C12H24N2OS. The van der Waals surface area contributed by atoms with Gasteiger partial charge in [0.1, 0.15) is 0 Å². The van der Waals surface area contributed by atoms with Gasteiger partial charge in [-0.2, -0.15) is 11.8 Å². The van der Waals surface area contributed by atoms with E-state index in [9.17, 15) is 0 Å². The third kappa shape index (κ3) is 3.13.